The van der Waals surface area contributed by atoms with E-state index in [0.717, 1.165) is 38.4 Å². The van der Waals surface area contributed by atoms with Gasteiger partial charge in [0.05, 0.1) is 12.3 Å². The highest BCUT2D eigenvalue weighted by molar-refractivity contribution is 7.88. The molecule has 1 aliphatic heterocycles. The van der Waals surface area contributed by atoms with Crippen LogP contribution in [0.2, 0.25) is 0 Å². The topological polar surface area (TPSA) is 188 Å². The number of ketones is 1. The number of hydrogen-bond donors (Lipinski definition) is 4. The zero-order valence-corrected chi connectivity index (χ0v) is 30.4. The fraction of sp³-hybridized carbons (Fsp3) is 0.848. The van der Waals surface area contributed by atoms with Gasteiger partial charge < -0.3 is 26.6 Å². The van der Waals surface area contributed by atoms with Crippen LogP contribution < -0.4 is 21.7 Å². The Morgan fingerprint density at radius 3 is 2.06 bits per heavy atom. The van der Waals surface area contributed by atoms with Crippen LogP contribution in [0.3, 0.4) is 0 Å². The molecule has 0 bridgehead atoms. The molecule has 1 saturated heterocycles. The molecule has 0 radical (unpaired) electrons. The van der Waals surface area contributed by atoms with Crippen molar-refractivity contribution >= 4 is 39.6 Å². The highest BCUT2D eigenvalue weighted by Crippen LogP contribution is 2.41. The minimum atomic E-state index is -3.50. The monoisotopic (exact) mass is 682 g/mol. The second kappa shape index (κ2) is 15.2. The van der Waals surface area contributed by atoms with E-state index in [4.69, 9.17) is 5.73 Å². The summed E-state index contributed by atoms with van der Waals surface area (Å²) in [5.74, 6) is -2.74. The van der Waals surface area contributed by atoms with E-state index in [-0.39, 0.29) is 30.2 Å². The number of nitrogens with two attached hydrogens (primary N) is 1. The molecule has 3 aliphatic rings. The van der Waals surface area contributed by atoms with E-state index in [1.165, 1.54) is 11.4 Å². The van der Waals surface area contributed by atoms with Gasteiger partial charge in [-0.25, -0.2) is 17.5 Å². The van der Waals surface area contributed by atoms with Crippen molar-refractivity contribution in [3.63, 3.8) is 0 Å². The zero-order chi connectivity index (χ0) is 35.5. The van der Waals surface area contributed by atoms with Crippen molar-refractivity contribution in [1.29, 1.82) is 0 Å². The lowest BCUT2D eigenvalue weighted by molar-refractivity contribution is -0.145. The average molecular weight is 683 g/mol. The van der Waals surface area contributed by atoms with Gasteiger partial charge in [-0.15, -0.1) is 0 Å². The summed E-state index contributed by atoms with van der Waals surface area (Å²) in [6.45, 7) is 12.0. The molecule has 0 aromatic carbocycles. The number of Topliss-reactive ketones (excluding diaryl/α,β-unsaturated/α-hetero) is 1. The van der Waals surface area contributed by atoms with Gasteiger partial charge >= 0.3 is 6.03 Å². The van der Waals surface area contributed by atoms with Gasteiger partial charge in [0.1, 0.15) is 12.1 Å². The van der Waals surface area contributed by atoms with Gasteiger partial charge in [0.15, 0.2) is 0 Å². The summed E-state index contributed by atoms with van der Waals surface area (Å²) in [6, 6.07) is -4.05. The Hall–Kier alpha value is -2.74. The van der Waals surface area contributed by atoms with Crippen molar-refractivity contribution in [3.05, 3.63) is 0 Å². The molecule has 0 spiro atoms. The highest BCUT2D eigenvalue weighted by atomic mass is 32.2. The first-order chi connectivity index (χ1) is 21.7. The molecule has 1 unspecified atom stereocenters. The van der Waals surface area contributed by atoms with Gasteiger partial charge in [0, 0.05) is 26.2 Å². The first-order valence-electron chi connectivity index (χ1n) is 17.1. The van der Waals surface area contributed by atoms with Crippen LogP contribution >= 0.6 is 0 Å². The first-order valence-corrected chi connectivity index (χ1v) is 18.9. The molecule has 47 heavy (non-hydrogen) atoms. The lowest BCUT2D eigenvalue weighted by Gasteiger charge is -2.43. The summed E-state index contributed by atoms with van der Waals surface area (Å²) in [5.41, 5.74) is 4.23. The molecule has 5 N–H and O–H groups in total. The predicted molar refractivity (Wildman–Crippen MR) is 179 cm³/mol. The van der Waals surface area contributed by atoms with E-state index >= 15 is 0 Å². The maximum absolute atomic E-state index is 14.7. The molecule has 1 heterocycles. The molecular weight excluding hydrogens is 624 g/mol. The second-order valence-corrected chi connectivity index (χ2v) is 18.0. The third-order valence-corrected chi connectivity index (χ3v) is 11.8. The maximum atomic E-state index is 14.7. The van der Waals surface area contributed by atoms with Crippen LogP contribution in [-0.4, -0.2) is 97.7 Å². The minimum absolute atomic E-state index is 0.0385. The number of sulfonamides is 1. The summed E-state index contributed by atoms with van der Waals surface area (Å²) >= 11 is 0. The molecule has 2 saturated carbocycles. The van der Waals surface area contributed by atoms with Crippen molar-refractivity contribution in [2.24, 2.45) is 34.3 Å². The van der Waals surface area contributed by atoms with Crippen LogP contribution in [0, 0.1) is 28.6 Å². The standard InChI is InChI=1S/C33H58N6O7S/c1-20(2)22-14-17-39(25(22)29(42)35-23(18-21-12-13-21)26(40)28(34)41)30(43)27(33(6)15-10-9-11-16-33)37-31(44)36-24(32(3,4)5)19-38(7)47(8,45)46/h20-25,27H,9-19H2,1-8H3,(H2,34,41)(H,35,42)(H2,36,37,44)/t22-,23?,24-,25+,27-/m1/s1. The number of carbonyl (C=O) groups is 5. The van der Waals surface area contributed by atoms with Crippen LogP contribution in [0.25, 0.3) is 0 Å². The third-order valence-electron chi connectivity index (χ3n) is 10.6. The van der Waals surface area contributed by atoms with E-state index in [0.29, 0.717) is 32.2 Å². The van der Waals surface area contributed by atoms with E-state index in [2.05, 4.69) is 16.0 Å². The lowest BCUT2D eigenvalue weighted by atomic mass is 9.70. The fourth-order valence-corrected chi connectivity index (χ4v) is 7.47. The number of primary amides is 1. The Balaban J connectivity index is 1.91. The molecule has 268 valence electrons. The van der Waals surface area contributed by atoms with Crippen molar-refractivity contribution in [2.75, 3.05) is 26.4 Å². The number of likely N-dealkylation sites (N-methyl/N-ethyl adjacent to an activating group) is 1. The van der Waals surface area contributed by atoms with Crippen LogP contribution in [0.4, 0.5) is 4.79 Å². The van der Waals surface area contributed by atoms with Gasteiger partial charge in [-0.2, -0.15) is 0 Å². The largest absolute Gasteiger partial charge is 0.363 e. The quantitative estimate of drug-likeness (QED) is 0.202. The van der Waals surface area contributed by atoms with E-state index in [1.54, 1.807) is 4.90 Å². The number of carbonyl (C=O) groups excluding carboxylic acids is 5. The fourth-order valence-electron chi connectivity index (χ4n) is 7.05. The van der Waals surface area contributed by atoms with E-state index < -0.39 is 68.6 Å². The smallest absolute Gasteiger partial charge is 0.315 e. The van der Waals surface area contributed by atoms with Crippen LogP contribution in [0.15, 0.2) is 0 Å². The number of hydrogen-bond acceptors (Lipinski definition) is 7. The molecule has 13 nitrogen and oxygen atoms in total. The Labute approximate surface area is 280 Å². The molecule has 0 aromatic heterocycles. The van der Waals surface area contributed by atoms with Crippen LogP contribution in [0.1, 0.15) is 99.3 Å². The van der Waals surface area contributed by atoms with Gasteiger partial charge in [-0.05, 0) is 54.3 Å². The highest BCUT2D eigenvalue weighted by Gasteiger charge is 2.50. The van der Waals surface area contributed by atoms with E-state index in [1.807, 2.05) is 41.5 Å². The summed E-state index contributed by atoms with van der Waals surface area (Å²) < 4.78 is 25.5. The van der Waals surface area contributed by atoms with E-state index in [9.17, 15) is 32.4 Å². The molecule has 2 aliphatic carbocycles. The summed E-state index contributed by atoms with van der Waals surface area (Å²) in [4.78, 5) is 68.4. The van der Waals surface area contributed by atoms with Crippen molar-refractivity contribution < 1.29 is 32.4 Å². The number of nitrogens with zero attached hydrogens (tertiary/aromatic N) is 2. The number of urea groups is 1. The van der Waals surface area contributed by atoms with Gasteiger partial charge in [-0.1, -0.05) is 73.6 Å². The maximum Gasteiger partial charge on any atom is 0.315 e. The molecule has 5 atom stereocenters. The van der Waals surface area contributed by atoms with Gasteiger partial charge in [0.2, 0.25) is 27.6 Å². The first kappa shape index (κ1) is 38.7. The molecule has 3 rings (SSSR count). The Morgan fingerprint density at radius 1 is 0.979 bits per heavy atom. The Bertz CT molecular complexity index is 1290. The molecule has 3 fully saturated rings. The molecular formula is C33H58N6O7S. The van der Waals surface area contributed by atoms with Crippen molar-refractivity contribution in [3.8, 4) is 0 Å². The van der Waals surface area contributed by atoms with Crippen LogP contribution in [0.5, 0.6) is 0 Å². The van der Waals surface area contributed by atoms with Crippen molar-refractivity contribution in [2.45, 2.75) is 123 Å². The number of nitrogens with one attached hydrogen (secondary N) is 3. The minimum Gasteiger partial charge on any atom is -0.363 e. The van der Waals surface area contributed by atoms with Crippen molar-refractivity contribution in [1.82, 2.24) is 25.2 Å². The summed E-state index contributed by atoms with van der Waals surface area (Å²) in [6.07, 6.45) is 8.05. The normalized spacial score (nSPS) is 23.6. The molecule has 5 amide bonds. The second-order valence-electron chi connectivity index (χ2n) is 15.9. The van der Waals surface area contributed by atoms with Crippen LogP contribution in [-0.2, 0) is 29.2 Å². The summed E-state index contributed by atoms with van der Waals surface area (Å²) in [7, 11) is -2.04. The molecule has 14 heteroatoms. The Morgan fingerprint density at radius 2 is 1.57 bits per heavy atom. The van der Waals surface area contributed by atoms with Gasteiger partial charge in [-0.3, -0.25) is 19.2 Å². The predicted octanol–water partition coefficient (Wildman–Crippen LogP) is 2.14. The number of rotatable bonds is 14. The third kappa shape index (κ3) is 10.1. The average Bonchev–Trinajstić information content (AvgIpc) is 3.66. The summed E-state index contributed by atoms with van der Waals surface area (Å²) in [5, 5.41) is 8.70. The Kier molecular flexibility index (Phi) is 12.5. The molecule has 0 aromatic rings. The number of amides is 5. The van der Waals surface area contributed by atoms with Gasteiger partial charge in [0.25, 0.3) is 5.91 Å². The number of likely N-dealkylation sites (tertiary alicyclic amines) is 1. The SMILES string of the molecule is CC(C)[C@H]1CCN(C(=O)[C@@H](NC(=O)N[C@H](CN(C)S(C)(=O)=O)C(C)(C)C)C2(C)CCCCC2)[C@@H]1C(=O)NC(CC1CC1)C(=O)C(N)=O. The lowest BCUT2D eigenvalue weighted by Crippen LogP contribution is -2.63. The zero-order valence-electron chi connectivity index (χ0n) is 29.6.